The summed E-state index contributed by atoms with van der Waals surface area (Å²) in [6, 6.07) is 0. The first kappa shape index (κ1) is 8.38. The summed E-state index contributed by atoms with van der Waals surface area (Å²) in [6.45, 7) is 1.77. The highest BCUT2D eigenvalue weighted by molar-refractivity contribution is 5.21. The monoisotopic (exact) mass is 152 g/mol. The average molecular weight is 152 g/mol. The summed E-state index contributed by atoms with van der Waals surface area (Å²) < 4.78 is 0. The maximum absolute atomic E-state index is 9.22. The number of hydrogen-bond acceptors (Lipinski definition) is 1. The van der Waals surface area contributed by atoms with Crippen molar-refractivity contribution in [2.24, 2.45) is 0 Å². The highest BCUT2D eigenvalue weighted by Gasteiger charge is 2.00. The van der Waals surface area contributed by atoms with E-state index < -0.39 is 0 Å². The van der Waals surface area contributed by atoms with E-state index in [-0.39, 0.29) is 0 Å². The van der Waals surface area contributed by atoms with Gasteiger partial charge in [0.15, 0.2) is 0 Å². The summed E-state index contributed by atoms with van der Waals surface area (Å²) in [5.74, 6) is 0.489. The Kier molecular flexibility index (Phi) is 3.21. The van der Waals surface area contributed by atoms with Crippen molar-refractivity contribution in [1.29, 1.82) is 0 Å². The van der Waals surface area contributed by atoms with Gasteiger partial charge in [0, 0.05) is 0 Å². The second-order valence-electron chi connectivity index (χ2n) is 3.11. The standard InChI is InChI=1S/C10H16O/c1-9(11)10-7-5-3-2-4-6-8-10/h5,7,11H,2-4,6,8H2,1H3/b7-5-,10-9+. The Hall–Kier alpha value is -0.720. The highest BCUT2D eigenvalue weighted by Crippen LogP contribution is 2.17. The fraction of sp³-hybridized carbons (Fsp3) is 0.600. The lowest BCUT2D eigenvalue weighted by molar-refractivity contribution is 0.405. The van der Waals surface area contributed by atoms with Crippen LogP contribution in [0.1, 0.15) is 39.0 Å². The molecule has 0 aromatic heterocycles. The normalized spacial score (nSPS) is 27.0. The molecule has 0 unspecified atom stereocenters. The molecule has 0 saturated carbocycles. The van der Waals surface area contributed by atoms with E-state index in [4.69, 9.17) is 0 Å². The van der Waals surface area contributed by atoms with Gasteiger partial charge in [-0.1, -0.05) is 18.6 Å². The Morgan fingerprint density at radius 2 is 2.18 bits per heavy atom. The predicted molar refractivity (Wildman–Crippen MR) is 47.6 cm³/mol. The maximum atomic E-state index is 9.22. The molecule has 0 radical (unpaired) electrons. The molecule has 1 nitrogen and oxygen atoms in total. The van der Waals surface area contributed by atoms with Crippen LogP contribution in [0.3, 0.4) is 0 Å². The Labute approximate surface area is 68.4 Å². The van der Waals surface area contributed by atoms with Crippen molar-refractivity contribution < 1.29 is 5.11 Å². The van der Waals surface area contributed by atoms with Gasteiger partial charge >= 0.3 is 0 Å². The quantitative estimate of drug-likeness (QED) is 0.528. The van der Waals surface area contributed by atoms with E-state index in [1.54, 1.807) is 6.92 Å². The molecule has 0 aromatic rings. The molecule has 0 aliphatic heterocycles. The molecule has 11 heavy (non-hydrogen) atoms. The third-order valence-corrected chi connectivity index (χ3v) is 2.10. The molecule has 1 N–H and O–H groups in total. The van der Waals surface area contributed by atoms with Crippen molar-refractivity contribution in [1.82, 2.24) is 0 Å². The van der Waals surface area contributed by atoms with Gasteiger partial charge in [0.1, 0.15) is 0 Å². The smallest absolute Gasteiger partial charge is 0.0923 e. The van der Waals surface area contributed by atoms with Gasteiger partial charge in [0.05, 0.1) is 5.76 Å². The van der Waals surface area contributed by atoms with E-state index in [0.717, 1.165) is 18.4 Å². The first-order chi connectivity index (χ1) is 5.30. The molecule has 0 amide bonds. The van der Waals surface area contributed by atoms with E-state index >= 15 is 0 Å². The number of aliphatic hydroxyl groups is 1. The zero-order valence-corrected chi connectivity index (χ0v) is 7.14. The molecule has 0 atom stereocenters. The van der Waals surface area contributed by atoms with Crippen LogP contribution in [0.5, 0.6) is 0 Å². The Morgan fingerprint density at radius 3 is 2.91 bits per heavy atom. The topological polar surface area (TPSA) is 20.2 Å². The van der Waals surface area contributed by atoms with Crippen molar-refractivity contribution in [3.8, 4) is 0 Å². The van der Waals surface area contributed by atoms with Crippen molar-refractivity contribution in [3.05, 3.63) is 23.5 Å². The molecule has 1 rings (SSSR count). The third kappa shape index (κ3) is 2.79. The van der Waals surface area contributed by atoms with Gasteiger partial charge in [-0.3, -0.25) is 0 Å². The zero-order chi connectivity index (χ0) is 8.10. The lowest BCUT2D eigenvalue weighted by Gasteiger charge is -2.06. The van der Waals surface area contributed by atoms with Gasteiger partial charge in [-0.15, -0.1) is 0 Å². The lowest BCUT2D eigenvalue weighted by atomic mass is 10.0. The van der Waals surface area contributed by atoms with Crippen molar-refractivity contribution in [3.63, 3.8) is 0 Å². The summed E-state index contributed by atoms with van der Waals surface area (Å²) >= 11 is 0. The van der Waals surface area contributed by atoms with Crippen LogP contribution in [-0.2, 0) is 0 Å². The van der Waals surface area contributed by atoms with E-state index in [9.17, 15) is 5.11 Å². The highest BCUT2D eigenvalue weighted by atomic mass is 16.3. The van der Waals surface area contributed by atoms with Crippen LogP contribution >= 0.6 is 0 Å². The zero-order valence-electron chi connectivity index (χ0n) is 7.14. The predicted octanol–water partition coefficient (Wildman–Crippen LogP) is 3.34. The first-order valence-electron chi connectivity index (χ1n) is 4.36. The molecule has 0 bridgehead atoms. The molecule has 0 fully saturated rings. The molecule has 0 saturated heterocycles. The minimum atomic E-state index is 0.489. The van der Waals surface area contributed by atoms with Gasteiger partial charge in [0.25, 0.3) is 0 Å². The second-order valence-corrected chi connectivity index (χ2v) is 3.11. The van der Waals surface area contributed by atoms with Crippen molar-refractivity contribution in [2.75, 3.05) is 0 Å². The summed E-state index contributed by atoms with van der Waals surface area (Å²) in [4.78, 5) is 0. The number of aliphatic hydroxyl groups excluding tert-OH is 1. The van der Waals surface area contributed by atoms with Crippen LogP contribution in [-0.4, -0.2) is 5.11 Å². The summed E-state index contributed by atoms with van der Waals surface area (Å²) in [5.41, 5.74) is 1.12. The molecule has 1 heteroatoms. The first-order valence-corrected chi connectivity index (χ1v) is 4.36. The van der Waals surface area contributed by atoms with Gasteiger partial charge in [-0.2, -0.15) is 0 Å². The van der Waals surface area contributed by atoms with Gasteiger partial charge in [-0.25, -0.2) is 0 Å². The molecule has 0 aromatic carbocycles. The SMILES string of the molecule is C/C(O)=C1/C=C\CCCCC1. The van der Waals surface area contributed by atoms with Crippen LogP contribution in [0.15, 0.2) is 23.5 Å². The summed E-state index contributed by atoms with van der Waals surface area (Å²) in [7, 11) is 0. The second kappa shape index (κ2) is 4.22. The lowest BCUT2D eigenvalue weighted by Crippen LogP contribution is -1.89. The van der Waals surface area contributed by atoms with Gasteiger partial charge in [0.2, 0.25) is 0 Å². The van der Waals surface area contributed by atoms with Gasteiger partial charge in [-0.05, 0) is 38.2 Å². The van der Waals surface area contributed by atoms with Crippen LogP contribution in [0.2, 0.25) is 0 Å². The molecule has 1 aliphatic carbocycles. The van der Waals surface area contributed by atoms with Crippen molar-refractivity contribution >= 4 is 0 Å². The third-order valence-electron chi connectivity index (χ3n) is 2.10. The molecular formula is C10H16O. The van der Waals surface area contributed by atoms with Crippen LogP contribution < -0.4 is 0 Å². The molecule has 1 aliphatic rings. The largest absolute Gasteiger partial charge is 0.512 e. The fourth-order valence-electron chi connectivity index (χ4n) is 1.36. The van der Waals surface area contributed by atoms with Crippen LogP contribution in [0.4, 0.5) is 0 Å². The van der Waals surface area contributed by atoms with Crippen LogP contribution in [0, 0.1) is 0 Å². The summed E-state index contributed by atoms with van der Waals surface area (Å²) in [6.07, 6.45) is 10.2. The van der Waals surface area contributed by atoms with E-state index in [0.29, 0.717) is 5.76 Å². The minimum Gasteiger partial charge on any atom is -0.512 e. The minimum absolute atomic E-state index is 0.489. The van der Waals surface area contributed by atoms with E-state index in [2.05, 4.69) is 12.2 Å². The molecule has 62 valence electrons. The average Bonchev–Trinajstić information content (AvgIpc) is 1.84. The molecule has 0 spiro atoms. The van der Waals surface area contributed by atoms with Gasteiger partial charge < -0.3 is 5.11 Å². The number of allylic oxidation sites excluding steroid dienone is 4. The van der Waals surface area contributed by atoms with E-state index in [1.165, 1.54) is 19.3 Å². The number of hydrogen-bond donors (Lipinski definition) is 1. The maximum Gasteiger partial charge on any atom is 0.0923 e. The van der Waals surface area contributed by atoms with Crippen LogP contribution in [0.25, 0.3) is 0 Å². The molecule has 0 heterocycles. The van der Waals surface area contributed by atoms with E-state index in [1.807, 2.05) is 0 Å². The number of rotatable bonds is 0. The summed E-state index contributed by atoms with van der Waals surface area (Å²) in [5, 5.41) is 9.22. The Bertz CT molecular complexity index is 173. The Morgan fingerprint density at radius 1 is 1.36 bits per heavy atom. The molecular weight excluding hydrogens is 136 g/mol. The fourth-order valence-corrected chi connectivity index (χ4v) is 1.36. The Balaban J connectivity index is 2.63. The van der Waals surface area contributed by atoms with Crippen molar-refractivity contribution in [2.45, 2.75) is 39.0 Å².